The lowest BCUT2D eigenvalue weighted by molar-refractivity contribution is -0.135. The molecule has 10 heavy (non-hydrogen) atoms. The van der Waals surface area contributed by atoms with E-state index in [0.29, 0.717) is 12.3 Å². The molecule has 0 aliphatic carbocycles. The van der Waals surface area contributed by atoms with Crippen LogP contribution < -0.4 is 5.73 Å². The van der Waals surface area contributed by atoms with Crippen molar-refractivity contribution in [2.45, 2.75) is 5.25 Å². The fourth-order valence-corrected chi connectivity index (χ4v) is 1.10. The van der Waals surface area contributed by atoms with Crippen molar-refractivity contribution >= 4 is 17.7 Å². The second kappa shape index (κ2) is 5.32. The Hall–Kier alpha value is -0.480. The molecule has 0 fully saturated rings. The number of thioether (sulfide) groups is 1. The van der Waals surface area contributed by atoms with Crippen molar-refractivity contribution in [3.05, 3.63) is 12.7 Å². The molecular formula is C6H11NO2S. The van der Waals surface area contributed by atoms with Crippen molar-refractivity contribution in [1.29, 1.82) is 0 Å². The lowest BCUT2D eigenvalue weighted by atomic mass is 10.4. The molecule has 3 N–H and O–H groups in total. The molecule has 0 radical (unpaired) electrons. The predicted octanol–water partition coefficient (Wildman–Crippen LogP) is 0.317. The first kappa shape index (κ1) is 9.52. The number of aliphatic carboxylic acids is 1. The van der Waals surface area contributed by atoms with Crippen LogP contribution >= 0.6 is 11.8 Å². The molecule has 58 valence electrons. The van der Waals surface area contributed by atoms with Crippen molar-refractivity contribution in [1.82, 2.24) is 0 Å². The van der Waals surface area contributed by atoms with Gasteiger partial charge in [0.25, 0.3) is 0 Å². The molecule has 0 bridgehead atoms. The molecule has 0 aliphatic heterocycles. The molecule has 0 aromatic heterocycles. The van der Waals surface area contributed by atoms with Gasteiger partial charge >= 0.3 is 5.97 Å². The Morgan fingerprint density at radius 1 is 1.90 bits per heavy atom. The first-order chi connectivity index (χ1) is 4.72. The predicted molar refractivity (Wildman–Crippen MR) is 43.1 cm³/mol. The summed E-state index contributed by atoms with van der Waals surface area (Å²) in [4.78, 5) is 10.3. The van der Waals surface area contributed by atoms with E-state index >= 15 is 0 Å². The first-order valence-electron chi connectivity index (χ1n) is 2.89. The molecule has 1 atom stereocenters. The Morgan fingerprint density at radius 2 is 2.50 bits per heavy atom. The molecule has 0 aliphatic rings. The maximum Gasteiger partial charge on any atom is 0.320 e. The van der Waals surface area contributed by atoms with Gasteiger partial charge in [0.05, 0.1) is 0 Å². The summed E-state index contributed by atoms with van der Waals surface area (Å²) >= 11 is 1.29. The first-order valence-corrected chi connectivity index (χ1v) is 3.94. The molecule has 0 saturated carbocycles. The molecule has 0 aromatic carbocycles. The van der Waals surface area contributed by atoms with Crippen LogP contribution in [0.25, 0.3) is 0 Å². The van der Waals surface area contributed by atoms with E-state index < -0.39 is 11.2 Å². The number of nitrogens with two attached hydrogens (primary N) is 1. The smallest absolute Gasteiger partial charge is 0.320 e. The van der Waals surface area contributed by atoms with Gasteiger partial charge < -0.3 is 10.8 Å². The van der Waals surface area contributed by atoms with Gasteiger partial charge in [-0.1, -0.05) is 6.08 Å². The largest absolute Gasteiger partial charge is 0.480 e. The van der Waals surface area contributed by atoms with Crippen LogP contribution in [0, 0.1) is 0 Å². The van der Waals surface area contributed by atoms with Gasteiger partial charge in [0.2, 0.25) is 0 Å². The number of carbonyl (C=O) groups is 1. The molecule has 0 spiro atoms. The van der Waals surface area contributed by atoms with E-state index in [1.54, 1.807) is 0 Å². The molecule has 0 amide bonds. The van der Waals surface area contributed by atoms with Crippen molar-refractivity contribution in [2.75, 3.05) is 12.3 Å². The van der Waals surface area contributed by atoms with E-state index in [2.05, 4.69) is 6.58 Å². The summed E-state index contributed by atoms with van der Waals surface area (Å²) in [7, 11) is 0. The highest BCUT2D eigenvalue weighted by Crippen LogP contribution is 2.10. The van der Waals surface area contributed by atoms with Crippen LogP contribution in [0.2, 0.25) is 0 Å². The minimum atomic E-state index is -0.853. The molecule has 4 heteroatoms. The third kappa shape index (κ3) is 3.53. The van der Waals surface area contributed by atoms with Gasteiger partial charge in [0.1, 0.15) is 5.25 Å². The van der Waals surface area contributed by atoms with E-state index in [0.717, 1.165) is 0 Å². The van der Waals surface area contributed by atoms with Crippen molar-refractivity contribution in [3.63, 3.8) is 0 Å². The summed E-state index contributed by atoms with van der Waals surface area (Å²) in [6.07, 6.45) is 1.41. The van der Waals surface area contributed by atoms with Gasteiger partial charge in [-0.25, -0.2) is 0 Å². The van der Waals surface area contributed by atoms with E-state index in [-0.39, 0.29) is 0 Å². The van der Waals surface area contributed by atoms with Gasteiger partial charge in [-0.15, -0.1) is 18.3 Å². The standard InChI is InChI=1S/C6H11NO2S/c1-2-5(6(8)9)10-4-3-7/h2,5H,1,3-4,7H2,(H,8,9). The lowest BCUT2D eigenvalue weighted by Gasteiger charge is -2.03. The highest BCUT2D eigenvalue weighted by Gasteiger charge is 2.11. The van der Waals surface area contributed by atoms with Crippen molar-refractivity contribution < 1.29 is 9.90 Å². The van der Waals surface area contributed by atoms with E-state index in [4.69, 9.17) is 10.8 Å². The van der Waals surface area contributed by atoms with Gasteiger partial charge in [-0.2, -0.15) is 0 Å². The van der Waals surface area contributed by atoms with Crippen LogP contribution in [0.4, 0.5) is 0 Å². The highest BCUT2D eigenvalue weighted by atomic mass is 32.2. The molecule has 1 unspecified atom stereocenters. The number of hydrogen-bond acceptors (Lipinski definition) is 3. The van der Waals surface area contributed by atoms with Gasteiger partial charge in [-0.05, 0) is 0 Å². The Labute approximate surface area is 64.3 Å². The number of carboxylic acid groups (broad SMARTS) is 1. The number of rotatable bonds is 5. The van der Waals surface area contributed by atoms with E-state index in [9.17, 15) is 4.79 Å². The Kier molecular flexibility index (Phi) is 5.06. The normalized spacial score (nSPS) is 12.5. The topological polar surface area (TPSA) is 63.3 Å². The van der Waals surface area contributed by atoms with Crippen LogP contribution in [0.3, 0.4) is 0 Å². The third-order valence-corrected chi connectivity index (χ3v) is 2.10. The fourth-order valence-electron chi connectivity index (χ4n) is 0.435. The zero-order valence-corrected chi connectivity index (χ0v) is 6.43. The number of carboxylic acids is 1. The van der Waals surface area contributed by atoms with Crippen molar-refractivity contribution in [2.24, 2.45) is 5.73 Å². The minimum Gasteiger partial charge on any atom is -0.480 e. The molecule has 0 heterocycles. The highest BCUT2D eigenvalue weighted by molar-refractivity contribution is 8.00. The SMILES string of the molecule is C=CC(SCCN)C(=O)O. The summed E-state index contributed by atoms with van der Waals surface area (Å²) in [5, 5.41) is 7.96. The molecule has 3 nitrogen and oxygen atoms in total. The summed E-state index contributed by atoms with van der Waals surface area (Å²) in [6.45, 7) is 3.89. The quantitative estimate of drug-likeness (QED) is 0.570. The zero-order chi connectivity index (χ0) is 7.98. The van der Waals surface area contributed by atoms with Crippen molar-refractivity contribution in [3.8, 4) is 0 Å². The summed E-state index contributed by atoms with van der Waals surface area (Å²) in [6, 6.07) is 0. The average molecular weight is 161 g/mol. The Balaban J connectivity index is 3.60. The molecule has 0 rings (SSSR count). The number of hydrogen-bond donors (Lipinski definition) is 2. The van der Waals surface area contributed by atoms with Crippen LogP contribution in [0.15, 0.2) is 12.7 Å². The second-order valence-corrected chi connectivity index (χ2v) is 2.90. The van der Waals surface area contributed by atoms with Crippen LogP contribution in [0.5, 0.6) is 0 Å². The Bertz CT molecular complexity index is 127. The summed E-state index contributed by atoms with van der Waals surface area (Å²) < 4.78 is 0. The van der Waals surface area contributed by atoms with Crippen LogP contribution in [-0.4, -0.2) is 28.6 Å². The molecule has 0 aromatic rings. The second-order valence-electron chi connectivity index (χ2n) is 1.65. The van der Waals surface area contributed by atoms with Crippen LogP contribution in [-0.2, 0) is 4.79 Å². The van der Waals surface area contributed by atoms with Gasteiger partial charge in [0, 0.05) is 12.3 Å². The maximum atomic E-state index is 10.3. The van der Waals surface area contributed by atoms with E-state index in [1.165, 1.54) is 17.8 Å². The lowest BCUT2D eigenvalue weighted by Crippen LogP contribution is -2.15. The third-order valence-electron chi connectivity index (χ3n) is 0.873. The van der Waals surface area contributed by atoms with E-state index in [1.807, 2.05) is 0 Å². The van der Waals surface area contributed by atoms with Crippen LogP contribution in [0.1, 0.15) is 0 Å². The summed E-state index contributed by atoms with van der Waals surface area (Å²) in [5.41, 5.74) is 5.18. The summed E-state index contributed by atoms with van der Waals surface area (Å²) in [5.74, 6) is -0.198. The molecule has 0 saturated heterocycles. The van der Waals surface area contributed by atoms with Gasteiger partial charge in [0.15, 0.2) is 0 Å². The Morgan fingerprint density at radius 3 is 2.80 bits per heavy atom. The minimum absolute atomic E-state index is 0.502. The monoisotopic (exact) mass is 161 g/mol. The maximum absolute atomic E-state index is 10.3. The van der Waals surface area contributed by atoms with Gasteiger partial charge in [-0.3, -0.25) is 4.79 Å². The zero-order valence-electron chi connectivity index (χ0n) is 5.62. The fraction of sp³-hybridized carbons (Fsp3) is 0.500. The molecular weight excluding hydrogens is 150 g/mol. The average Bonchev–Trinajstić information content (AvgIpc) is 1.89.